The Morgan fingerprint density at radius 3 is 2.54 bits per heavy atom. The Hall–Kier alpha value is -4.14. The largest absolute Gasteiger partial charge is 0.335 e. The number of nitrogens with one attached hydrogen (secondary N) is 1. The summed E-state index contributed by atoms with van der Waals surface area (Å²) in [7, 11) is 0. The molecule has 5 heterocycles. The van der Waals surface area contributed by atoms with Gasteiger partial charge in [-0.25, -0.2) is 14.8 Å². The first kappa shape index (κ1) is 21.4. The Balaban J connectivity index is 1.44. The lowest BCUT2D eigenvalue weighted by atomic mass is 10.2. The molecule has 0 spiro atoms. The van der Waals surface area contributed by atoms with Crippen molar-refractivity contribution in [3.63, 3.8) is 0 Å². The van der Waals surface area contributed by atoms with E-state index in [4.69, 9.17) is 9.97 Å². The van der Waals surface area contributed by atoms with Crippen molar-refractivity contribution in [1.82, 2.24) is 33.2 Å². The average molecular weight is 470 g/mol. The van der Waals surface area contributed by atoms with Crippen LogP contribution in [0.25, 0.3) is 16.9 Å². The second kappa shape index (κ2) is 8.57. The van der Waals surface area contributed by atoms with E-state index in [0.29, 0.717) is 30.7 Å². The summed E-state index contributed by atoms with van der Waals surface area (Å²) in [4.78, 5) is 37.5. The van der Waals surface area contributed by atoms with E-state index in [1.54, 1.807) is 0 Å². The van der Waals surface area contributed by atoms with Gasteiger partial charge in [-0.15, -0.1) is 0 Å². The molecule has 0 atom stereocenters. The summed E-state index contributed by atoms with van der Waals surface area (Å²) >= 11 is 0. The van der Waals surface area contributed by atoms with Gasteiger partial charge in [-0.3, -0.25) is 14.3 Å². The van der Waals surface area contributed by atoms with Gasteiger partial charge in [-0.1, -0.05) is 12.1 Å². The minimum absolute atomic E-state index is 0.415. The van der Waals surface area contributed by atoms with Gasteiger partial charge in [0.05, 0.1) is 5.69 Å². The molecule has 178 valence electrons. The second-order valence-electron chi connectivity index (χ2n) is 9.02. The van der Waals surface area contributed by atoms with Crippen LogP contribution in [0.1, 0.15) is 42.7 Å². The van der Waals surface area contributed by atoms with E-state index in [9.17, 15) is 9.59 Å². The molecule has 1 N–H and O–H groups in total. The predicted octanol–water partition coefficient (Wildman–Crippen LogP) is 2.87. The first-order chi connectivity index (χ1) is 17.1. The van der Waals surface area contributed by atoms with Gasteiger partial charge in [0, 0.05) is 56.8 Å². The highest BCUT2D eigenvalue weighted by molar-refractivity contribution is 5.71. The maximum absolute atomic E-state index is 13.0. The van der Waals surface area contributed by atoms with E-state index in [-0.39, 0.29) is 0 Å². The van der Waals surface area contributed by atoms with Crippen LogP contribution in [-0.2, 0) is 32.5 Å². The van der Waals surface area contributed by atoms with Gasteiger partial charge in [-0.2, -0.15) is 0 Å². The molecule has 0 aliphatic carbocycles. The van der Waals surface area contributed by atoms with Crippen molar-refractivity contribution in [2.75, 3.05) is 0 Å². The second-order valence-corrected chi connectivity index (χ2v) is 9.02. The minimum atomic E-state index is -0.435. The minimum Gasteiger partial charge on any atom is -0.335 e. The molecule has 0 radical (unpaired) electrons. The summed E-state index contributed by atoms with van der Waals surface area (Å²) in [5.74, 6) is 1.83. The molecule has 0 unspecified atom stereocenters. The number of H-pyrrole nitrogens is 1. The van der Waals surface area contributed by atoms with Crippen LogP contribution in [0.2, 0.25) is 0 Å². The Kier molecular flexibility index (Phi) is 5.24. The van der Waals surface area contributed by atoms with Crippen LogP contribution in [0.3, 0.4) is 0 Å². The lowest BCUT2D eigenvalue weighted by molar-refractivity contribution is 0.522. The number of nitrogens with zero attached hydrogens (tertiary/aromatic N) is 6. The van der Waals surface area contributed by atoms with E-state index in [2.05, 4.69) is 40.0 Å². The molecule has 0 fully saturated rings. The van der Waals surface area contributed by atoms with Crippen molar-refractivity contribution in [3.05, 3.63) is 98.7 Å². The van der Waals surface area contributed by atoms with Crippen LogP contribution in [0.5, 0.6) is 0 Å². The van der Waals surface area contributed by atoms with Crippen molar-refractivity contribution in [1.29, 1.82) is 0 Å². The van der Waals surface area contributed by atoms with Crippen molar-refractivity contribution in [3.8, 4) is 5.69 Å². The number of hydrogen-bond acceptors (Lipinski definition) is 4. The third kappa shape index (κ3) is 3.82. The third-order valence-corrected chi connectivity index (χ3v) is 6.76. The molecular weight excluding hydrogens is 442 g/mol. The number of rotatable bonds is 6. The number of imidazole rings is 2. The van der Waals surface area contributed by atoms with Crippen LogP contribution < -0.4 is 11.2 Å². The van der Waals surface area contributed by atoms with Crippen LogP contribution in [0.15, 0.2) is 64.6 Å². The van der Waals surface area contributed by atoms with Crippen LogP contribution in [0, 0.1) is 0 Å². The van der Waals surface area contributed by atoms with Gasteiger partial charge >= 0.3 is 5.69 Å². The van der Waals surface area contributed by atoms with Gasteiger partial charge in [0.25, 0.3) is 5.56 Å². The molecule has 0 amide bonds. The van der Waals surface area contributed by atoms with E-state index >= 15 is 0 Å². The zero-order valence-electron chi connectivity index (χ0n) is 19.6. The van der Waals surface area contributed by atoms with Gasteiger partial charge < -0.3 is 13.7 Å². The van der Waals surface area contributed by atoms with E-state index < -0.39 is 11.2 Å². The quantitative estimate of drug-likeness (QED) is 0.414. The normalized spacial score (nSPS) is 13.4. The summed E-state index contributed by atoms with van der Waals surface area (Å²) in [6.07, 6.45) is 9.91. The number of hydrogen-bond donors (Lipinski definition) is 1. The molecule has 1 aliphatic rings. The van der Waals surface area contributed by atoms with Crippen LogP contribution in [0.4, 0.5) is 0 Å². The molecule has 4 aromatic heterocycles. The summed E-state index contributed by atoms with van der Waals surface area (Å²) in [6.45, 7) is 3.76. The molecule has 9 heteroatoms. The first-order valence-electron chi connectivity index (χ1n) is 12.1. The highest BCUT2D eigenvalue weighted by atomic mass is 16.2. The summed E-state index contributed by atoms with van der Waals surface area (Å²) in [5.41, 5.74) is 3.03. The van der Waals surface area contributed by atoms with Crippen molar-refractivity contribution in [2.45, 2.75) is 52.2 Å². The molecule has 0 bridgehead atoms. The Morgan fingerprint density at radius 1 is 1.00 bits per heavy atom. The first-order valence-corrected chi connectivity index (χ1v) is 12.1. The molecule has 0 saturated carbocycles. The third-order valence-electron chi connectivity index (χ3n) is 6.76. The van der Waals surface area contributed by atoms with Gasteiger partial charge in [0.15, 0.2) is 11.2 Å². The SMILES string of the molecule is CCn1c(=O)[nH]c(=O)c2c1nc(Cc1cn3c(n1)CCCC3)n2Cc1ccc(-n2cccc2)cc1. The molecule has 9 nitrogen and oxygen atoms in total. The number of aryl methyl sites for hydroxylation is 3. The number of aromatic amines is 1. The van der Waals surface area contributed by atoms with Gasteiger partial charge in [0.1, 0.15) is 11.6 Å². The van der Waals surface area contributed by atoms with E-state index in [1.165, 1.54) is 11.0 Å². The Labute approximate surface area is 201 Å². The molecule has 1 aliphatic heterocycles. The maximum Gasteiger partial charge on any atom is 0.330 e. The zero-order valence-corrected chi connectivity index (χ0v) is 19.6. The van der Waals surface area contributed by atoms with Crippen molar-refractivity contribution in [2.24, 2.45) is 0 Å². The van der Waals surface area contributed by atoms with Crippen molar-refractivity contribution >= 4 is 11.2 Å². The monoisotopic (exact) mass is 469 g/mol. The summed E-state index contributed by atoms with van der Waals surface area (Å²) < 4.78 is 7.72. The molecule has 1 aromatic carbocycles. The van der Waals surface area contributed by atoms with E-state index in [1.807, 2.05) is 40.6 Å². The topological polar surface area (TPSA) is 95.4 Å². The predicted molar refractivity (Wildman–Crippen MR) is 133 cm³/mol. The molecule has 35 heavy (non-hydrogen) atoms. The standard InChI is InChI=1S/C26H27N7O2/c1-2-32-24-23(25(34)29-26(32)35)33(16-18-8-10-20(11-9-18)30-12-5-6-13-30)22(28-24)15-19-17-31-14-4-3-7-21(31)27-19/h5-6,8-13,17H,2-4,7,14-16H2,1H3,(H,29,34,35). The molecule has 0 saturated heterocycles. The number of aromatic nitrogens is 7. The Morgan fingerprint density at radius 2 is 1.80 bits per heavy atom. The Bertz CT molecular complexity index is 1590. The fourth-order valence-electron chi connectivity index (χ4n) is 5.00. The van der Waals surface area contributed by atoms with E-state index in [0.717, 1.165) is 48.0 Å². The molecule has 5 aromatic rings. The average Bonchev–Trinajstić information content (AvgIpc) is 3.59. The lowest BCUT2D eigenvalue weighted by Gasteiger charge is -2.11. The fraction of sp³-hybridized carbons (Fsp3) is 0.308. The smallest absolute Gasteiger partial charge is 0.330 e. The molecular formula is C26H27N7O2. The molecule has 6 rings (SSSR count). The highest BCUT2D eigenvalue weighted by Crippen LogP contribution is 2.20. The van der Waals surface area contributed by atoms with Crippen LogP contribution >= 0.6 is 0 Å². The summed E-state index contributed by atoms with van der Waals surface area (Å²) in [5, 5.41) is 0. The maximum atomic E-state index is 13.0. The van der Waals surface area contributed by atoms with Crippen LogP contribution in [-0.4, -0.2) is 33.2 Å². The zero-order chi connectivity index (χ0) is 23.9. The fourth-order valence-corrected chi connectivity index (χ4v) is 5.00. The van der Waals surface area contributed by atoms with Gasteiger partial charge in [-0.05, 0) is 49.6 Å². The van der Waals surface area contributed by atoms with Crippen molar-refractivity contribution < 1.29 is 0 Å². The summed E-state index contributed by atoms with van der Waals surface area (Å²) in [6, 6.07) is 12.2. The lowest BCUT2D eigenvalue weighted by Crippen LogP contribution is -2.30. The van der Waals surface area contributed by atoms with Gasteiger partial charge in [0.2, 0.25) is 0 Å². The number of benzene rings is 1. The highest BCUT2D eigenvalue weighted by Gasteiger charge is 2.20. The number of fused-ring (bicyclic) bond motifs is 2.